The van der Waals surface area contributed by atoms with Crippen LogP contribution < -0.4 is 5.73 Å². The molecule has 14 heavy (non-hydrogen) atoms. The van der Waals surface area contributed by atoms with Gasteiger partial charge < -0.3 is 19.9 Å². The van der Waals surface area contributed by atoms with Crippen LogP contribution in [0.4, 0.5) is 0 Å². The summed E-state index contributed by atoms with van der Waals surface area (Å²) in [5, 5.41) is 0. The summed E-state index contributed by atoms with van der Waals surface area (Å²) in [6.07, 6.45) is 2.49. The molecule has 0 aliphatic carbocycles. The molecular formula is C9H15NO4. The molecule has 0 aromatic carbocycles. The third kappa shape index (κ3) is 2.05. The SMILES string of the molecule is NC1C(=O)OCC1OC1CCCCO1. The highest BCUT2D eigenvalue weighted by atomic mass is 16.7. The second-order valence-electron chi connectivity index (χ2n) is 3.63. The Morgan fingerprint density at radius 3 is 2.86 bits per heavy atom. The lowest BCUT2D eigenvalue weighted by Gasteiger charge is -2.25. The summed E-state index contributed by atoms with van der Waals surface area (Å²) in [6, 6.07) is -0.652. The third-order valence-electron chi connectivity index (χ3n) is 2.53. The zero-order chi connectivity index (χ0) is 9.97. The van der Waals surface area contributed by atoms with Gasteiger partial charge >= 0.3 is 5.97 Å². The van der Waals surface area contributed by atoms with E-state index in [9.17, 15) is 4.79 Å². The molecule has 3 unspecified atom stereocenters. The van der Waals surface area contributed by atoms with Gasteiger partial charge in [-0.15, -0.1) is 0 Å². The van der Waals surface area contributed by atoms with Crippen molar-refractivity contribution in [2.24, 2.45) is 5.73 Å². The van der Waals surface area contributed by atoms with Gasteiger partial charge in [0, 0.05) is 6.61 Å². The fourth-order valence-corrected chi connectivity index (χ4v) is 1.65. The van der Waals surface area contributed by atoms with E-state index in [-0.39, 0.29) is 25.0 Å². The van der Waals surface area contributed by atoms with Gasteiger partial charge in [0.2, 0.25) is 0 Å². The molecule has 0 radical (unpaired) electrons. The minimum Gasteiger partial charge on any atom is -0.462 e. The van der Waals surface area contributed by atoms with Gasteiger partial charge in [0.25, 0.3) is 0 Å². The van der Waals surface area contributed by atoms with Crippen LogP contribution in [-0.4, -0.2) is 37.6 Å². The van der Waals surface area contributed by atoms with Gasteiger partial charge in [0.05, 0.1) is 0 Å². The molecule has 2 N–H and O–H groups in total. The van der Waals surface area contributed by atoms with Crippen LogP contribution in [0.1, 0.15) is 19.3 Å². The Morgan fingerprint density at radius 2 is 2.29 bits per heavy atom. The molecular weight excluding hydrogens is 186 g/mol. The van der Waals surface area contributed by atoms with Crippen LogP contribution in [0.5, 0.6) is 0 Å². The summed E-state index contributed by atoms with van der Waals surface area (Å²) in [4.78, 5) is 11.0. The van der Waals surface area contributed by atoms with Crippen molar-refractivity contribution in [3.63, 3.8) is 0 Å². The number of esters is 1. The van der Waals surface area contributed by atoms with Crippen molar-refractivity contribution in [2.45, 2.75) is 37.7 Å². The van der Waals surface area contributed by atoms with E-state index in [4.69, 9.17) is 19.9 Å². The second-order valence-corrected chi connectivity index (χ2v) is 3.63. The molecule has 5 heteroatoms. The molecule has 2 fully saturated rings. The number of ether oxygens (including phenoxy) is 3. The van der Waals surface area contributed by atoms with Gasteiger partial charge in [-0.1, -0.05) is 0 Å². The Kier molecular flexibility index (Phi) is 3.00. The summed E-state index contributed by atoms with van der Waals surface area (Å²) in [6.45, 7) is 0.974. The first-order valence-corrected chi connectivity index (χ1v) is 4.96. The molecule has 2 rings (SSSR count). The minimum atomic E-state index is -0.652. The number of rotatable bonds is 2. The molecule has 0 bridgehead atoms. The number of carbonyl (C=O) groups excluding carboxylic acids is 1. The second kappa shape index (κ2) is 4.25. The molecule has 0 amide bonds. The smallest absolute Gasteiger partial charge is 0.325 e. The minimum absolute atomic E-state index is 0.214. The Hall–Kier alpha value is -0.650. The molecule has 3 atom stereocenters. The summed E-state index contributed by atoms with van der Waals surface area (Å²) in [5.74, 6) is -0.384. The predicted molar refractivity (Wildman–Crippen MR) is 47.4 cm³/mol. The molecule has 2 saturated heterocycles. The van der Waals surface area contributed by atoms with Gasteiger partial charge in [-0.05, 0) is 19.3 Å². The van der Waals surface area contributed by atoms with E-state index in [0.29, 0.717) is 0 Å². The molecule has 2 aliphatic rings. The van der Waals surface area contributed by atoms with Crippen molar-refractivity contribution in [1.29, 1.82) is 0 Å². The van der Waals surface area contributed by atoms with Crippen molar-refractivity contribution < 1.29 is 19.0 Å². The normalized spacial score (nSPS) is 38.4. The maximum atomic E-state index is 11.0. The fourth-order valence-electron chi connectivity index (χ4n) is 1.65. The molecule has 0 aromatic heterocycles. The maximum absolute atomic E-state index is 11.0. The van der Waals surface area contributed by atoms with Crippen LogP contribution in [0.15, 0.2) is 0 Å². The van der Waals surface area contributed by atoms with Gasteiger partial charge in [-0.3, -0.25) is 4.79 Å². The Labute approximate surface area is 82.5 Å². The van der Waals surface area contributed by atoms with Crippen molar-refractivity contribution in [3.8, 4) is 0 Å². The first-order chi connectivity index (χ1) is 6.77. The number of nitrogens with two attached hydrogens (primary N) is 1. The van der Waals surface area contributed by atoms with Crippen LogP contribution >= 0.6 is 0 Å². The van der Waals surface area contributed by atoms with Gasteiger partial charge in [0.15, 0.2) is 6.29 Å². The molecule has 0 saturated carbocycles. The van der Waals surface area contributed by atoms with Gasteiger partial charge in [-0.25, -0.2) is 0 Å². The van der Waals surface area contributed by atoms with Crippen LogP contribution in [0, 0.1) is 0 Å². The van der Waals surface area contributed by atoms with Gasteiger partial charge in [0.1, 0.15) is 18.8 Å². The summed E-state index contributed by atoms with van der Waals surface area (Å²) in [5.41, 5.74) is 5.58. The lowest BCUT2D eigenvalue weighted by Crippen LogP contribution is -2.41. The largest absolute Gasteiger partial charge is 0.462 e. The van der Waals surface area contributed by atoms with Crippen LogP contribution in [-0.2, 0) is 19.0 Å². The van der Waals surface area contributed by atoms with Crippen molar-refractivity contribution in [2.75, 3.05) is 13.2 Å². The highest BCUT2D eigenvalue weighted by Crippen LogP contribution is 2.18. The van der Waals surface area contributed by atoms with Crippen LogP contribution in [0.3, 0.4) is 0 Å². The highest BCUT2D eigenvalue weighted by Gasteiger charge is 2.36. The Morgan fingerprint density at radius 1 is 1.43 bits per heavy atom. The number of cyclic esters (lactones) is 1. The van der Waals surface area contributed by atoms with E-state index < -0.39 is 6.04 Å². The lowest BCUT2D eigenvalue weighted by molar-refractivity contribution is -0.188. The van der Waals surface area contributed by atoms with E-state index in [1.165, 1.54) is 0 Å². The molecule has 5 nitrogen and oxygen atoms in total. The first-order valence-electron chi connectivity index (χ1n) is 4.96. The summed E-state index contributed by atoms with van der Waals surface area (Å²) in [7, 11) is 0. The van der Waals surface area contributed by atoms with E-state index >= 15 is 0 Å². The summed E-state index contributed by atoms with van der Waals surface area (Å²) < 4.78 is 15.7. The molecule has 2 heterocycles. The summed E-state index contributed by atoms with van der Waals surface area (Å²) >= 11 is 0. The fraction of sp³-hybridized carbons (Fsp3) is 0.889. The average molecular weight is 201 g/mol. The third-order valence-corrected chi connectivity index (χ3v) is 2.53. The quantitative estimate of drug-likeness (QED) is 0.625. The Balaban J connectivity index is 1.81. The zero-order valence-corrected chi connectivity index (χ0v) is 7.98. The van der Waals surface area contributed by atoms with E-state index in [2.05, 4.69) is 0 Å². The lowest BCUT2D eigenvalue weighted by atomic mass is 10.2. The van der Waals surface area contributed by atoms with Crippen molar-refractivity contribution >= 4 is 5.97 Å². The van der Waals surface area contributed by atoms with E-state index in [1.807, 2.05) is 0 Å². The van der Waals surface area contributed by atoms with Gasteiger partial charge in [-0.2, -0.15) is 0 Å². The van der Waals surface area contributed by atoms with Crippen LogP contribution in [0.2, 0.25) is 0 Å². The number of carbonyl (C=O) groups is 1. The highest BCUT2D eigenvalue weighted by molar-refractivity contribution is 5.78. The standard InChI is InChI=1S/C9H15NO4/c10-8-6(5-13-9(8)11)14-7-3-1-2-4-12-7/h6-8H,1-5,10H2. The maximum Gasteiger partial charge on any atom is 0.325 e. The van der Waals surface area contributed by atoms with Crippen molar-refractivity contribution in [1.82, 2.24) is 0 Å². The predicted octanol–water partition coefficient (Wildman–Crippen LogP) is -0.218. The molecule has 2 aliphatic heterocycles. The Bertz CT molecular complexity index is 215. The zero-order valence-electron chi connectivity index (χ0n) is 7.98. The molecule has 80 valence electrons. The van der Waals surface area contributed by atoms with E-state index in [0.717, 1.165) is 25.9 Å². The number of hydrogen-bond acceptors (Lipinski definition) is 5. The molecule has 0 spiro atoms. The topological polar surface area (TPSA) is 70.8 Å². The number of hydrogen-bond donors (Lipinski definition) is 1. The van der Waals surface area contributed by atoms with Crippen LogP contribution in [0.25, 0.3) is 0 Å². The average Bonchev–Trinajstić information content (AvgIpc) is 2.52. The first kappa shape index (κ1) is 9.89. The molecule has 0 aromatic rings. The monoisotopic (exact) mass is 201 g/mol. The van der Waals surface area contributed by atoms with Crippen molar-refractivity contribution in [3.05, 3.63) is 0 Å². The van der Waals surface area contributed by atoms with E-state index in [1.54, 1.807) is 0 Å².